The molecule has 0 aromatic heterocycles. The third kappa shape index (κ3) is 3.40. The SMILES string of the molecule is CC(C)C1CCC(=O)C(Cc2ccc(F)cc2F)C1. The van der Waals surface area contributed by atoms with Crippen LogP contribution in [0.3, 0.4) is 0 Å². The maximum atomic E-state index is 13.6. The first kappa shape index (κ1) is 14.2. The quantitative estimate of drug-likeness (QED) is 0.803. The van der Waals surface area contributed by atoms with Crippen molar-refractivity contribution >= 4 is 5.78 Å². The number of carbonyl (C=O) groups is 1. The Balaban J connectivity index is 2.10. The third-order valence-electron chi connectivity index (χ3n) is 4.23. The van der Waals surface area contributed by atoms with Crippen LogP contribution in [0.4, 0.5) is 8.78 Å². The molecule has 0 amide bonds. The highest BCUT2D eigenvalue weighted by Gasteiger charge is 2.30. The molecule has 1 aliphatic carbocycles. The fourth-order valence-corrected chi connectivity index (χ4v) is 2.90. The van der Waals surface area contributed by atoms with Crippen molar-refractivity contribution in [1.29, 1.82) is 0 Å². The van der Waals surface area contributed by atoms with Gasteiger partial charge in [0.15, 0.2) is 0 Å². The zero-order valence-electron chi connectivity index (χ0n) is 11.5. The van der Waals surface area contributed by atoms with Gasteiger partial charge in [0.25, 0.3) is 0 Å². The molecule has 1 nitrogen and oxygen atoms in total. The Bertz CT molecular complexity index is 468. The molecule has 0 spiro atoms. The minimum absolute atomic E-state index is 0.110. The summed E-state index contributed by atoms with van der Waals surface area (Å²) in [6.07, 6.45) is 2.76. The number of carbonyl (C=O) groups excluding carboxylic acids is 1. The molecule has 2 rings (SSSR count). The van der Waals surface area contributed by atoms with E-state index in [-0.39, 0.29) is 11.7 Å². The van der Waals surface area contributed by atoms with Crippen LogP contribution in [0.5, 0.6) is 0 Å². The second kappa shape index (κ2) is 5.81. The van der Waals surface area contributed by atoms with Crippen LogP contribution < -0.4 is 0 Å². The average molecular weight is 266 g/mol. The van der Waals surface area contributed by atoms with Crippen LogP contribution in [0.2, 0.25) is 0 Å². The highest BCUT2D eigenvalue weighted by molar-refractivity contribution is 5.82. The predicted octanol–water partition coefficient (Wildman–Crippen LogP) is 4.15. The molecule has 0 aliphatic heterocycles. The van der Waals surface area contributed by atoms with E-state index in [1.165, 1.54) is 12.1 Å². The molecule has 19 heavy (non-hydrogen) atoms. The van der Waals surface area contributed by atoms with Gasteiger partial charge in [-0.1, -0.05) is 19.9 Å². The molecule has 2 atom stereocenters. The number of Topliss-reactive ketones (excluding diaryl/α,β-unsaturated/α-hetero) is 1. The van der Waals surface area contributed by atoms with Crippen molar-refractivity contribution in [3.63, 3.8) is 0 Å². The molecule has 0 heterocycles. The Hall–Kier alpha value is -1.25. The van der Waals surface area contributed by atoms with Gasteiger partial charge >= 0.3 is 0 Å². The monoisotopic (exact) mass is 266 g/mol. The topological polar surface area (TPSA) is 17.1 Å². The van der Waals surface area contributed by atoms with Crippen LogP contribution in [0, 0.1) is 29.4 Å². The van der Waals surface area contributed by atoms with Gasteiger partial charge in [-0.05, 0) is 42.7 Å². The lowest BCUT2D eigenvalue weighted by atomic mass is 9.73. The van der Waals surface area contributed by atoms with Crippen molar-refractivity contribution in [3.05, 3.63) is 35.4 Å². The Morgan fingerprint density at radius 2 is 2.05 bits per heavy atom. The molecule has 1 saturated carbocycles. The lowest BCUT2D eigenvalue weighted by molar-refractivity contribution is -0.125. The zero-order valence-corrected chi connectivity index (χ0v) is 11.5. The van der Waals surface area contributed by atoms with E-state index in [9.17, 15) is 13.6 Å². The fourth-order valence-electron chi connectivity index (χ4n) is 2.90. The lowest BCUT2D eigenvalue weighted by Crippen LogP contribution is -2.29. The Kier molecular flexibility index (Phi) is 4.33. The summed E-state index contributed by atoms with van der Waals surface area (Å²) in [6.45, 7) is 4.33. The zero-order chi connectivity index (χ0) is 14.0. The molecule has 1 aliphatic rings. The Morgan fingerprint density at radius 3 is 2.68 bits per heavy atom. The van der Waals surface area contributed by atoms with Crippen molar-refractivity contribution in [1.82, 2.24) is 0 Å². The van der Waals surface area contributed by atoms with E-state index >= 15 is 0 Å². The molecular weight excluding hydrogens is 246 g/mol. The van der Waals surface area contributed by atoms with Crippen LogP contribution in [0.1, 0.15) is 38.7 Å². The number of ketones is 1. The molecule has 0 radical (unpaired) electrons. The Morgan fingerprint density at radius 1 is 1.32 bits per heavy atom. The van der Waals surface area contributed by atoms with Crippen LogP contribution >= 0.6 is 0 Å². The molecule has 1 aromatic rings. The summed E-state index contributed by atoms with van der Waals surface area (Å²) >= 11 is 0. The molecule has 104 valence electrons. The second-order valence-electron chi connectivity index (χ2n) is 5.88. The molecule has 0 bridgehead atoms. The summed E-state index contributed by atoms with van der Waals surface area (Å²) in [7, 11) is 0. The van der Waals surface area contributed by atoms with Crippen molar-refractivity contribution < 1.29 is 13.6 Å². The van der Waals surface area contributed by atoms with Crippen molar-refractivity contribution in [2.24, 2.45) is 17.8 Å². The van der Waals surface area contributed by atoms with Crippen LogP contribution in [0.25, 0.3) is 0 Å². The number of rotatable bonds is 3. The largest absolute Gasteiger partial charge is 0.299 e. The summed E-state index contributed by atoms with van der Waals surface area (Å²) in [5.41, 5.74) is 0.448. The van der Waals surface area contributed by atoms with E-state index in [2.05, 4.69) is 13.8 Å². The molecule has 0 saturated heterocycles. The predicted molar refractivity (Wildman–Crippen MR) is 70.7 cm³/mol. The first-order valence-corrected chi connectivity index (χ1v) is 6.94. The number of hydrogen-bond acceptors (Lipinski definition) is 1. The third-order valence-corrected chi connectivity index (χ3v) is 4.23. The van der Waals surface area contributed by atoms with E-state index < -0.39 is 11.6 Å². The van der Waals surface area contributed by atoms with Gasteiger partial charge < -0.3 is 0 Å². The smallest absolute Gasteiger partial charge is 0.136 e. The number of halogens is 2. The van der Waals surface area contributed by atoms with E-state index in [0.717, 1.165) is 18.9 Å². The fraction of sp³-hybridized carbons (Fsp3) is 0.562. The van der Waals surface area contributed by atoms with Gasteiger partial charge in [0, 0.05) is 18.4 Å². The van der Waals surface area contributed by atoms with Gasteiger partial charge in [0.05, 0.1) is 0 Å². The number of benzene rings is 1. The summed E-state index contributed by atoms with van der Waals surface area (Å²) in [6, 6.07) is 3.60. The number of hydrogen-bond donors (Lipinski definition) is 0. The summed E-state index contributed by atoms with van der Waals surface area (Å²) in [5.74, 6) is 0.0809. The Labute approximate surface area is 113 Å². The van der Waals surface area contributed by atoms with Crippen LogP contribution in [-0.4, -0.2) is 5.78 Å². The highest BCUT2D eigenvalue weighted by Crippen LogP contribution is 2.33. The van der Waals surface area contributed by atoms with Gasteiger partial charge in [-0.25, -0.2) is 8.78 Å². The highest BCUT2D eigenvalue weighted by atomic mass is 19.1. The summed E-state index contributed by atoms with van der Waals surface area (Å²) < 4.78 is 26.5. The molecule has 0 N–H and O–H groups in total. The van der Waals surface area contributed by atoms with Gasteiger partial charge in [0.2, 0.25) is 0 Å². The minimum atomic E-state index is -0.573. The van der Waals surface area contributed by atoms with Crippen molar-refractivity contribution in [2.45, 2.75) is 39.5 Å². The molecule has 1 aromatic carbocycles. The molecule has 3 heteroatoms. The normalized spacial score (nSPS) is 23.9. The summed E-state index contributed by atoms with van der Waals surface area (Å²) in [5, 5.41) is 0. The summed E-state index contributed by atoms with van der Waals surface area (Å²) in [4.78, 5) is 11.9. The molecule has 2 unspecified atom stereocenters. The average Bonchev–Trinajstić information content (AvgIpc) is 2.34. The van der Waals surface area contributed by atoms with Crippen molar-refractivity contribution in [3.8, 4) is 0 Å². The van der Waals surface area contributed by atoms with Gasteiger partial charge in [-0.15, -0.1) is 0 Å². The van der Waals surface area contributed by atoms with E-state index in [4.69, 9.17) is 0 Å². The standard InChI is InChI=1S/C16H20F2O/c1-10(2)11-4-6-16(19)13(7-11)8-12-3-5-14(17)9-15(12)18/h3,5,9-11,13H,4,6-8H2,1-2H3. The van der Waals surface area contributed by atoms with E-state index in [0.29, 0.717) is 30.2 Å². The van der Waals surface area contributed by atoms with Crippen molar-refractivity contribution in [2.75, 3.05) is 0 Å². The molecular formula is C16H20F2O. The van der Waals surface area contributed by atoms with Crippen LogP contribution in [0.15, 0.2) is 18.2 Å². The minimum Gasteiger partial charge on any atom is -0.299 e. The van der Waals surface area contributed by atoms with E-state index in [1.807, 2.05) is 0 Å². The van der Waals surface area contributed by atoms with Gasteiger partial charge in [0.1, 0.15) is 17.4 Å². The first-order valence-electron chi connectivity index (χ1n) is 6.94. The first-order chi connectivity index (χ1) is 8.97. The lowest BCUT2D eigenvalue weighted by Gasteiger charge is -2.30. The maximum Gasteiger partial charge on any atom is 0.136 e. The maximum absolute atomic E-state index is 13.6. The van der Waals surface area contributed by atoms with Gasteiger partial charge in [-0.3, -0.25) is 4.79 Å². The van der Waals surface area contributed by atoms with Gasteiger partial charge in [-0.2, -0.15) is 0 Å². The molecule has 1 fully saturated rings. The second-order valence-corrected chi connectivity index (χ2v) is 5.88. The van der Waals surface area contributed by atoms with E-state index in [1.54, 1.807) is 0 Å². The van der Waals surface area contributed by atoms with Crippen LogP contribution in [-0.2, 0) is 11.2 Å².